The van der Waals surface area contributed by atoms with Crippen molar-refractivity contribution in [2.45, 2.75) is 26.3 Å². The average Bonchev–Trinajstić information content (AvgIpc) is 2.78. The van der Waals surface area contributed by atoms with Crippen LogP contribution in [0.25, 0.3) is 0 Å². The smallest absolute Gasteiger partial charge is 0.230 e. The highest BCUT2D eigenvalue weighted by molar-refractivity contribution is 5.27. The highest BCUT2D eigenvalue weighted by atomic mass is 16.5. The molecular weight excluding hydrogens is 230 g/mol. The lowest BCUT2D eigenvalue weighted by atomic mass is 10.2. The lowest BCUT2D eigenvalue weighted by Gasteiger charge is -2.04. The third kappa shape index (κ3) is 3.30. The molecule has 1 aromatic carbocycles. The van der Waals surface area contributed by atoms with Crippen molar-refractivity contribution in [2.24, 2.45) is 5.73 Å². The first-order valence-electron chi connectivity index (χ1n) is 5.92. The summed E-state index contributed by atoms with van der Waals surface area (Å²) in [5, 5.41) is 3.79. The third-order valence-electron chi connectivity index (χ3n) is 2.47. The predicted molar refractivity (Wildman–Crippen MR) is 67.3 cm³/mol. The molecular formula is C13H17N3O2. The van der Waals surface area contributed by atoms with Gasteiger partial charge in [0.05, 0.1) is 19.1 Å². The normalized spacial score (nSPS) is 12.4. The second-order valence-corrected chi connectivity index (χ2v) is 4.25. The van der Waals surface area contributed by atoms with Crippen molar-refractivity contribution in [3.63, 3.8) is 0 Å². The summed E-state index contributed by atoms with van der Waals surface area (Å²) in [5.41, 5.74) is 6.82. The highest BCUT2D eigenvalue weighted by Crippen LogP contribution is 2.13. The highest BCUT2D eigenvalue weighted by Gasteiger charge is 2.09. The summed E-state index contributed by atoms with van der Waals surface area (Å²) in [6, 6.07) is 7.70. The van der Waals surface area contributed by atoms with Gasteiger partial charge in [-0.3, -0.25) is 0 Å². The lowest BCUT2D eigenvalue weighted by Crippen LogP contribution is -2.07. The van der Waals surface area contributed by atoms with E-state index in [1.807, 2.05) is 38.1 Å². The van der Waals surface area contributed by atoms with Crippen LogP contribution in [-0.4, -0.2) is 16.7 Å². The summed E-state index contributed by atoms with van der Waals surface area (Å²) in [5.74, 6) is 1.93. The van der Waals surface area contributed by atoms with Gasteiger partial charge in [-0.1, -0.05) is 17.3 Å². The van der Waals surface area contributed by atoms with Gasteiger partial charge in [0, 0.05) is 0 Å². The molecule has 0 aliphatic rings. The van der Waals surface area contributed by atoms with E-state index < -0.39 is 0 Å². The lowest BCUT2D eigenvalue weighted by molar-refractivity contribution is 0.291. The Hall–Kier alpha value is -1.88. The van der Waals surface area contributed by atoms with E-state index in [9.17, 15) is 0 Å². The molecule has 1 aromatic heterocycles. The van der Waals surface area contributed by atoms with Gasteiger partial charge in [0.15, 0.2) is 5.82 Å². The first-order chi connectivity index (χ1) is 8.65. The van der Waals surface area contributed by atoms with Crippen LogP contribution in [0.5, 0.6) is 5.75 Å². The fraction of sp³-hybridized carbons (Fsp3) is 0.385. The quantitative estimate of drug-likeness (QED) is 0.874. The van der Waals surface area contributed by atoms with Gasteiger partial charge in [-0.15, -0.1) is 0 Å². The van der Waals surface area contributed by atoms with E-state index >= 15 is 0 Å². The molecule has 5 nitrogen and oxygen atoms in total. The Bertz CT molecular complexity index is 508. The van der Waals surface area contributed by atoms with Crippen LogP contribution in [0.2, 0.25) is 0 Å². The van der Waals surface area contributed by atoms with Gasteiger partial charge in [0.25, 0.3) is 0 Å². The van der Waals surface area contributed by atoms with E-state index in [1.54, 1.807) is 0 Å². The van der Waals surface area contributed by atoms with E-state index in [0.29, 0.717) is 24.7 Å². The molecule has 1 atom stereocenters. The second-order valence-electron chi connectivity index (χ2n) is 4.25. The first-order valence-corrected chi connectivity index (χ1v) is 5.92. The standard InChI is InChI=1S/C13H17N3O2/c1-9-4-3-5-11(8-9)17-7-6-12-15-13(10(2)14)16-18-12/h3-5,8,10H,6-7,14H2,1-2H3. The van der Waals surface area contributed by atoms with E-state index in [1.165, 1.54) is 5.56 Å². The monoisotopic (exact) mass is 247 g/mol. The van der Waals surface area contributed by atoms with Gasteiger partial charge >= 0.3 is 0 Å². The average molecular weight is 247 g/mol. The number of hydrogen-bond acceptors (Lipinski definition) is 5. The summed E-state index contributed by atoms with van der Waals surface area (Å²) in [7, 11) is 0. The van der Waals surface area contributed by atoms with Crippen LogP contribution < -0.4 is 10.5 Å². The SMILES string of the molecule is Cc1cccc(OCCc2nc(C(C)N)no2)c1. The topological polar surface area (TPSA) is 74.2 Å². The summed E-state index contributed by atoms with van der Waals surface area (Å²) in [6.45, 7) is 4.35. The van der Waals surface area contributed by atoms with E-state index in [-0.39, 0.29) is 6.04 Å². The number of benzene rings is 1. The zero-order valence-electron chi connectivity index (χ0n) is 10.6. The molecule has 0 fully saturated rings. The fourth-order valence-corrected chi connectivity index (χ4v) is 1.52. The maximum Gasteiger partial charge on any atom is 0.230 e. The van der Waals surface area contributed by atoms with Crippen molar-refractivity contribution >= 4 is 0 Å². The number of ether oxygens (including phenoxy) is 1. The molecule has 0 bridgehead atoms. The third-order valence-corrected chi connectivity index (χ3v) is 2.47. The van der Waals surface area contributed by atoms with Crippen LogP contribution in [-0.2, 0) is 6.42 Å². The Morgan fingerprint density at radius 2 is 2.28 bits per heavy atom. The van der Waals surface area contributed by atoms with Gasteiger partial charge in [-0.2, -0.15) is 4.98 Å². The number of rotatable bonds is 5. The molecule has 0 aliphatic heterocycles. The second kappa shape index (κ2) is 5.64. The first kappa shape index (κ1) is 12.6. The molecule has 0 amide bonds. The molecule has 1 heterocycles. The zero-order chi connectivity index (χ0) is 13.0. The van der Waals surface area contributed by atoms with Crippen molar-refractivity contribution in [3.8, 4) is 5.75 Å². The minimum absolute atomic E-state index is 0.208. The number of nitrogens with zero attached hydrogens (tertiary/aromatic N) is 2. The van der Waals surface area contributed by atoms with Crippen molar-refractivity contribution in [1.29, 1.82) is 0 Å². The van der Waals surface area contributed by atoms with Crippen molar-refractivity contribution in [1.82, 2.24) is 10.1 Å². The van der Waals surface area contributed by atoms with E-state index in [2.05, 4.69) is 10.1 Å². The molecule has 2 N–H and O–H groups in total. The molecule has 2 aromatic rings. The van der Waals surface area contributed by atoms with Gasteiger partial charge in [-0.25, -0.2) is 0 Å². The molecule has 2 rings (SSSR count). The predicted octanol–water partition coefficient (Wildman–Crippen LogP) is 2.02. The summed E-state index contributed by atoms with van der Waals surface area (Å²) >= 11 is 0. The van der Waals surface area contributed by atoms with Crippen LogP contribution in [0.15, 0.2) is 28.8 Å². The number of nitrogens with two attached hydrogens (primary N) is 1. The molecule has 0 saturated heterocycles. The Kier molecular flexibility index (Phi) is 3.94. The van der Waals surface area contributed by atoms with Crippen LogP contribution in [0.1, 0.15) is 30.2 Å². The molecule has 1 unspecified atom stereocenters. The van der Waals surface area contributed by atoms with Gasteiger partial charge < -0.3 is 15.0 Å². The van der Waals surface area contributed by atoms with Gasteiger partial charge in [-0.05, 0) is 31.5 Å². The maximum absolute atomic E-state index is 5.65. The van der Waals surface area contributed by atoms with E-state index in [0.717, 1.165) is 5.75 Å². The molecule has 0 spiro atoms. The molecule has 96 valence electrons. The van der Waals surface area contributed by atoms with Gasteiger partial charge in [0.1, 0.15) is 5.75 Å². The van der Waals surface area contributed by atoms with Gasteiger partial charge in [0.2, 0.25) is 5.89 Å². The molecule has 5 heteroatoms. The Morgan fingerprint density at radius 3 is 2.94 bits per heavy atom. The molecule has 0 radical (unpaired) electrons. The van der Waals surface area contributed by atoms with Crippen molar-refractivity contribution in [2.75, 3.05) is 6.61 Å². The number of aromatic nitrogens is 2. The van der Waals surface area contributed by atoms with Crippen LogP contribution in [0.4, 0.5) is 0 Å². The van der Waals surface area contributed by atoms with Crippen LogP contribution >= 0.6 is 0 Å². The Labute approximate surface area is 106 Å². The molecule has 18 heavy (non-hydrogen) atoms. The fourth-order valence-electron chi connectivity index (χ4n) is 1.52. The minimum Gasteiger partial charge on any atom is -0.493 e. The number of aryl methyl sites for hydroxylation is 1. The van der Waals surface area contributed by atoms with Crippen molar-refractivity contribution in [3.05, 3.63) is 41.5 Å². The Morgan fingerprint density at radius 1 is 1.44 bits per heavy atom. The summed E-state index contributed by atoms with van der Waals surface area (Å²) < 4.78 is 10.7. The van der Waals surface area contributed by atoms with Crippen LogP contribution in [0, 0.1) is 6.92 Å². The Balaban J connectivity index is 1.84. The maximum atomic E-state index is 5.65. The molecule has 0 aliphatic carbocycles. The summed E-state index contributed by atoms with van der Waals surface area (Å²) in [6.07, 6.45) is 0.577. The summed E-state index contributed by atoms with van der Waals surface area (Å²) in [4.78, 5) is 4.18. The van der Waals surface area contributed by atoms with E-state index in [4.69, 9.17) is 15.0 Å². The zero-order valence-corrected chi connectivity index (χ0v) is 10.6. The molecule has 0 saturated carbocycles. The largest absolute Gasteiger partial charge is 0.493 e. The van der Waals surface area contributed by atoms with Crippen molar-refractivity contribution < 1.29 is 9.26 Å². The van der Waals surface area contributed by atoms with Crippen LogP contribution in [0.3, 0.4) is 0 Å². The minimum atomic E-state index is -0.208. The number of hydrogen-bond donors (Lipinski definition) is 1.